The van der Waals surface area contributed by atoms with Gasteiger partial charge in [0.25, 0.3) is 21.5 Å². The predicted octanol–water partition coefficient (Wildman–Crippen LogP) is 4.12. The number of nitrogens with one attached hydrogen (secondary N) is 2. The predicted molar refractivity (Wildman–Crippen MR) is 154 cm³/mol. The van der Waals surface area contributed by atoms with Crippen LogP contribution in [0, 0.1) is 6.92 Å². The largest absolute Gasteiger partial charge is 0.454 e. The molecule has 1 aliphatic heterocycles. The van der Waals surface area contributed by atoms with Crippen LogP contribution in [0.1, 0.15) is 16.1 Å². The van der Waals surface area contributed by atoms with Gasteiger partial charge in [0, 0.05) is 18.8 Å². The van der Waals surface area contributed by atoms with Crippen LogP contribution >= 0.6 is 23.2 Å². The molecule has 42 heavy (non-hydrogen) atoms. The molecule has 0 fully saturated rings. The molecule has 1 aromatic heterocycles. The van der Waals surface area contributed by atoms with Crippen molar-refractivity contribution in [2.24, 2.45) is 7.05 Å². The first kappa shape index (κ1) is 29.0. The van der Waals surface area contributed by atoms with E-state index in [1.165, 1.54) is 9.36 Å². The lowest BCUT2D eigenvalue weighted by Crippen LogP contribution is -2.23. The number of esters is 1. The average molecular weight is 633 g/mol. The average Bonchev–Trinajstić information content (AvgIpc) is 3.50. The smallest absolute Gasteiger partial charge is 0.340 e. The van der Waals surface area contributed by atoms with E-state index >= 15 is 0 Å². The Labute approximate surface area is 249 Å². The zero-order valence-electron chi connectivity index (χ0n) is 22.0. The van der Waals surface area contributed by atoms with Gasteiger partial charge in [-0.3, -0.25) is 19.0 Å². The second-order valence-electron chi connectivity index (χ2n) is 9.00. The standard InChI is InChI=1S/C27H22Cl2N4O8S/c1-15-25(26(35)33(32(15)2)17-6-4-3-5-7-17)31-42(37,38)23-11-18(19(28)12-20(23)29)27(36)39-13-24(34)30-16-8-9-21-22(10-16)41-14-40-21/h3-12,31H,13-14H2,1-2H3,(H,30,34). The topological polar surface area (TPSA) is 147 Å². The van der Waals surface area contributed by atoms with Crippen molar-refractivity contribution in [3.63, 3.8) is 0 Å². The van der Waals surface area contributed by atoms with E-state index in [-0.39, 0.29) is 28.1 Å². The van der Waals surface area contributed by atoms with E-state index in [4.69, 9.17) is 37.4 Å². The van der Waals surface area contributed by atoms with Crippen LogP contribution in [-0.4, -0.2) is 43.1 Å². The molecule has 0 unspecified atom stereocenters. The zero-order valence-corrected chi connectivity index (χ0v) is 24.3. The fourth-order valence-electron chi connectivity index (χ4n) is 4.15. The number of anilines is 2. The van der Waals surface area contributed by atoms with Crippen LogP contribution in [0.2, 0.25) is 10.0 Å². The van der Waals surface area contributed by atoms with Crippen LogP contribution in [0.25, 0.3) is 5.69 Å². The summed E-state index contributed by atoms with van der Waals surface area (Å²) < 4.78 is 47.4. The number of amides is 1. The van der Waals surface area contributed by atoms with Crippen molar-refractivity contribution >= 4 is 56.5 Å². The number of hydrogen-bond donors (Lipinski definition) is 2. The molecule has 0 aliphatic carbocycles. The molecule has 0 saturated carbocycles. The molecule has 15 heteroatoms. The quantitative estimate of drug-likeness (QED) is 0.276. The van der Waals surface area contributed by atoms with Crippen molar-refractivity contribution in [2.75, 3.05) is 23.4 Å². The van der Waals surface area contributed by atoms with Gasteiger partial charge in [-0.1, -0.05) is 41.4 Å². The van der Waals surface area contributed by atoms with Gasteiger partial charge < -0.3 is 19.5 Å². The minimum atomic E-state index is -4.50. The number of rotatable bonds is 8. The van der Waals surface area contributed by atoms with E-state index in [9.17, 15) is 22.8 Å². The summed E-state index contributed by atoms with van der Waals surface area (Å²) in [6, 6.07) is 15.4. The molecule has 218 valence electrons. The van der Waals surface area contributed by atoms with Gasteiger partial charge in [0.2, 0.25) is 6.79 Å². The number of sulfonamides is 1. The molecule has 2 heterocycles. The van der Waals surface area contributed by atoms with Crippen molar-refractivity contribution in [3.8, 4) is 17.2 Å². The minimum absolute atomic E-state index is 0.0656. The molecule has 0 radical (unpaired) electrons. The first-order valence-corrected chi connectivity index (χ1v) is 14.4. The molecule has 0 spiro atoms. The van der Waals surface area contributed by atoms with Crippen LogP contribution < -0.4 is 25.1 Å². The monoisotopic (exact) mass is 632 g/mol. The number of para-hydroxylation sites is 1. The molecule has 0 saturated heterocycles. The molecule has 1 aliphatic rings. The SMILES string of the molecule is Cc1c(NS(=O)(=O)c2cc(C(=O)OCC(=O)Nc3ccc4c(c3)OCO4)c(Cl)cc2Cl)c(=O)n(-c2ccccc2)n1C. The highest BCUT2D eigenvalue weighted by Crippen LogP contribution is 2.34. The summed E-state index contributed by atoms with van der Waals surface area (Å²) in [6.07, 6.45) is 0. The van der Waals surface area contributed by atoms with Crippen LogP contribution in [0.15, 0.2) is 70.4 Å². The number of hydrogen-bond acceptors (Lipinski definition) is 8. The van der Waals surface area contributed by atoms with Crippen molar-refractivity contribution < 1.29 is 32.2 Å². The molecule has 5 rings (SSSR count). The molecule has 12 nitrogen and oxygen atoms in total. The van der Waals surface area contributed by atoms with Gasteiger partial charge in [-0.2, -0.15) is 0 Å². The van der Waals surface area contributed by atoms with Gasteiger partial charge in [0.05, 0.1) is 27.0 Å². The van der Waals surface area contributed by atoms with Crippen LogP contribution in [-0.2, 0) is 26.6 Å². The molecule has 3 aromatic carbocycles. The van der Waals surface area contributed by atoms with Crippen LogP contribution in [0.5, 0.6) is 11.5 Å². The fourth-order valence-corrected chi connectivity index (χ4v) is 6.11. The van der Waals surface area contributed by atoms with Crippen molar-refractivity contribution in [2.45, 2.75) is 11.8 Å². The summed E-state index contributed by atoms with van der Waals surface area (Å²) in [5.74, 6) is -0.765. The Morgan fingerprint density at radius 1 is 1.00 bits per heavy atom. The fraction of sp³-hybridized carbons (Fsp3) is 0.148. The zero-order chi connectivity index (χ0) is 30.2. The maximum absolute atomic E-state index is 13.4. The molecule has 2 N–H and O–H groups in total. The molecule has 0 bridgehead atoms. The third kappa shape index (κ3) is 5.66. The van der Waals surface area contributed by atoms with E-state index in [1.54, 1.807) is 62.5 Å². The van der Waals surface area contributed by atoms with Crippen molar-refractivity contribution in [3.05, 3.63) is 92.3 Å². The summed E-state index contributed by atoms with van der Waals surface area (Å²) in [6.45, 7) is 0.935. The number of carbonyl (C=O) groups excluding carboxylic acids is 2. The second kappa shape index (κ2) is 11.4. The van der Waals surface area contributed by atoms with E-state index in [0.717, 1.165) is 12.1 Å². The van der Waals surface area contributed by atoms with Crippen LogP contribution in [0.3, 0.4) is 0 Å². The Morgan fingerprint density at radius 2 is 1.71 bits per heavy atom. The Kier molecular flexibility index (Phi) is 7.91. The Hall–Kier alpha value is -4.46. The van der Waals surface area contributed by atoms with Gasteiger partial charge in [0.1, 0.15) is 10.6 Å². The highest BCUT2D eigenvalue weighted by atomic mass is 35.5. The summed E-state index contributed by atoms with van der Waals surface area (Å²) in [7, 11) is -2.90. The normalized spacial score (nSPS) is 12.2. The second-order valence-corrected chi connectivity index (χ2v) is 11.5. The molecule has 1 amide bonds. The summed E-state index contributed by atoms with van der Waals surface area (Å²) in [5, 5.41) is 2.04. The van der Waals surface area contributed by atoms with E-state index < -0.39 is 39.0 Å². The molecule has 4 aromatic rings. The lowest BCUT2D eigenvalue weighted by Gasteiger charge is -2.12. The summed E-state index contributed by atoms with van der Waals surface area (Å²) >= 11 is 12.4. The first-order chi connectivity index (χ1) is 20.0. The number of ether oxygens (including phenoxy) is 3. The van der Waals surface area contributed by atoms with E-state index in [2.05, 4.69) is 10.0 Å². The number of aromatic nitrogens is 2. The van der Waals surface area contributed by atoms with E-state index in [1.807, 2.05) is 0 Å². The summed E-state index contributed by atoms with van der Waals surface area (Å²) in [5.41, 5.74) is 0.0385. The number of carbonyl (C=O) groups is 2. The van der Waals surface area contributed by atoms with Gasteiger partial charge in [0.15, 0.2) is 18.1 Å². The van der Waals surface area contributed by atoms with E-state index in [0.29, 0.717) is 28.6 Å². The highest BCUT2D eigenvalue weighted by molar-refractivity contribution is 7.92. The van der Waals surface area contributed by atoms with Gasteiger partial charge in [-0.15, -0.1) is 0 Å². The maximum atomic E-state index is 13.4. The Bertz CT molecular complexity index is 1890. The third-order valence-electron chi connectivity index (χ3n) is 6.31. The summed E-state index contributed by atoms with van der Waals surface area (Å²) in [4.78, 5) is 37.8. The third-order valence-corrected chi connectivity index (χ3v) is 8.44. The highest BCUT2D eigenvalue weighted by Gasteiger charge is 2.27. The lowest BCUT2D eigenvalue weighted by atomic mass is 10.2. The maximum Gasteiger partial charge on any atom is 0.340 e. The van der Waals surface area contributed by atoms with Crippen molar-refractivity contribution in [1.29, 1.82) is 0 Å². The molecule has 0 atom stereocenters. The number of fused-ring (bicyclic) bond motifs is 1. The van der Waals surface area contributed by atoms with Gasteiger partial charge in [-0.25, -0.2) is 17.9 Å². The van der Waals surface area contributed by atoms with Crippen LogP contribution in [0.4, 0.5) is 11.4 Å². The Morgan fingerprint density at radius 3 is 2.45 bits per heavy atom. The van der Waals surface area contributed by atoms with Gasteiger partial charge in [-0.05, 0) is 43.3 Å². The lowest BCUT2D eigenvalue weighted by molar-refractivity contribution is -0.119. The van der Waals surface area contributed by atoms with Gasteiger partial charge >= 0.3 is 5.97 Å². The number of benzene rings is 3. The minimum Gasteiger partial charge on any atom is -0.454 e. The number of nitrogens with zero attached hydrogens (tertiary/aromatic N) is 2. The Balaban J connectivity index is 1.34. The molecular formula is C27H22Cl2N4O8S. The first-order valence-electron chi connectivity index (χ1n) is 12.2. The van der Waals surface area contributed by atoms with Crippen molar-refractivity contribution in [1.82, 2.24) is 9.36 Å². The number of halogens is 2. The molecular weight excluding hydrogens is 611 g/mol.